The molecule has 2 nitrogen and oxygen atoms in total. The summed E-state index contributed by atoms with van der Waals surface area (Å²) < 4.78 is 31.9. The van der Waals surface area contributed by atoms with Crippen molar-refractivity contribution in [1.82, 2.24) is 5.32 Å². The molecule has 1 aromatic rings. The lowest BCUT2D eigenvalue weighted by Gasteiger charge is -2.20. The number of benzene rings is 1. The van der Waals surface area contributed by atoms with Crippen LogP contribution in [0.2, 0.25) is 0 Å². The van der Waals surface area contributed by atoms with Crippen LogP contribution in [0.25, 0.3) is 0 Å². The van der Waals surface area contributed by atoms with Crippen molar-refractivity contribution in [3.8, 4) is 0 Å². The van der Waals surface area contributed by atoms with Gasteiger partial charge in [0.2, 0.25) is 0 Å². The molecule has 0 bridgehead atoms. The lowest BCUT2D eigenvalue weighted by atomic mass is 10.0. The fourth-order valence-corrected chi connectivity index (χ4v) is 2.34. The van der Waals surface area contributed by atoms with E-state index in [2.05, 4.69) is 5.32 Å². The maximum absolute atomic E-state index is 13.7. The van der Waals surface area contributed by atoms with Crippen molar-refractivity contribution in [2.45, 2.75) is 32.2 Å². The molecule has 4 heteroatoms. The first-order valence-electron chi connectivity index (χ1n) is 6.74. The summed E-state index contributed by atoms with van der Waals surface area (Å²) in [5.41, 5.74) is 0.691. The summed E-state index contributed by atoms with van der Waals surface area (Å²) in [6.45, 7) is 3.45. The summed E-state index contributed by atoms with van der Waals surface area (Å²) in [5.74, 6) is -1.53. The van der Waals surface area contributed by atoms with E-state index in [0.717, 1.165) is 25.6 Å². The third-order valence-electron chi connectivity index (χ3n) is 4.02. The molecule has 1 fully saturated rings. The summed E-state index contributed by atoms with van der Waals surface area (Å²) in [7, 11) is 1.70. The number of methoxy groups -OCH3 is 1. The van der Waals surface area contributed by atoms with Crippen molar-refractivity contribution < 1.29 is 13.5 Å². The van der Waals surface area contributed by atoms with E-state index >= 15 is 0 Å². The zero-order valence-electron chi connectivity index (χ0n) is 11.5. The Kier molecular flexibility index (Phi) is 4.53. The minimum atomic E-state index is -0.785. The van der Waals surface area contributed by atoms with E-state index in [4.69, 9.17) is 4.74 Å². The first kappa shape index (κ1) is 14.4. The van der Waals surface area contributed by atoms with Crippen LogP contribution in [0.5, 0.6) is 0 Å². The molecule has 1 N–H and O–H groups in total. The molecule has 0 amide bonds. The van der Waals surface area contributed by atoms with E-state index in [1.165, 1.54) is 12.8 Å². The first-order valence-corrected chi connectivity index (χ1v) is 6.74. The maximum atomic E-state index is 13.7. The molecule has 1 atom stereocenters. The number of nitrogens with one attached hydrogen (secondary N) is 1. The highest BCUT2D eigenvalue weighted by molar-refractivity contribution is 5.22. The van der Waals surface area contributed by atoms with Crippen LogP contribution in [0.1, 0.15) is 37.8 Å². The van der Waals surface area contributed by atoms with E-state index in [1.54, 1.807) is 19.2 Å². The number of ether oxygens (including phenoxy) is 1. The standard InChI is InChI=1S/C15H21F2NO/c1-11(12-4-3-5-13(16)14(12)17)18-10-15(6-7-15)8-9-19-2/h3-5,11,18H,6-10H2,1-2H3. The summed E-state index contributed by atoms with van der Waals surface area (Å²) in [6, 6.07) is 4.14. The van der Waals surface area contributed by atoms with Crippen molar-refractivity contribution in [2.24, 2.45) is 5.41 Å². The van der Waals surface area contributed by atoms with Crippen molar-refractivity contribution >= 4 is 0 Å². The van der Waals surface area contributed by atoms with E-state index in [0.29, 0.717) is 11.0 Å². The molecule has 0 aliphatic heterocycles. The fraction of sp³-hybridized carbons (Fsp3) is 0.600. The molecule has 0 heterocycles. The molecule has 0 spiro atoms. The normalized spacial score (nSPS) is 18.3. The molecule has 1 unspecified atom stereocenters. The van der Waals surface area contributed by atoms with Crippen LogP contribution in [0.4, 0.5) is 8.78 Å². The Bertz CT molecular complexity index is 432. The Morgan fingerprint density at radius 3 is 2.74 bits per heavy atom. The molecule has 106 valence electrons. The summed E-state index contributed by atoms with van der Waals surface area (Å²) in [6.07, 6.45) is 3.39. The van der Waals surface area contributed by atoms with E-state index < -0.39 is 11.6 Å². The van der Waals surface area contributed by atoms with Gasteiger partial charge in [-0.25, -0.2) is 8.78 Å². The Hall–Kier alpha value is -1.00. The van der Waals surface area contributed by atoms with Gasteiger partial charge in [-0.05, 0) is 37.7 Å². The zero-order chi connectivity index (χ0) is 13.9. The highest BCUT2D eigenvalue weighted by Gasteiger charge is 2.41. The number of rotatable bonds is 7. The predicted molar refractivity (Wildman–Crippen MR) is 70.9 cm³/mol. The molecule has 1 aliphatic carbocycles. The molecule has 1 aromatic carbocycles. The van der Waals surface area contributed by atoms with Crippen LogP contribution < -0.4 is 5.32 Å². The van der Waals surface area contributed by atoms with Crippen LogP contribution >= 0.6 is 0 Å². The van der Waals surface area contributed by atoms with Crippen molar-refractivity contribution in [2.75, 3.05) is 20.3 Å². The highest BCUT2D eigenvalue weighted by Crippen LogP contribution is 2.48. The topological polar surface area (TPSA) is 21.3 Å². The van der Waals surface area contributed by atoms with Crippen LogP contribution in [-0.4, -0.2) is 20.3 Å². The minimum Gasteiger partial charge on any atom is -0.385 e. The van der Waals surface area contributed by atoms with Crippen LogP contribution in [0, 0.1) is 17.0 Å². The number of hydrogen-bond donors (Lipinski definition) is 1. The van der Waals surface area contributed by atoms with Crippen LogP contribution in [0.3, 0.4) is 0 Å². The van der Waals surface area contributed by atoms with Gasteiger partial charge in [0, 0.05) is 31.9 Å². The summed E-state index contributed by atoms with van der Waals surface area (Å²) >= 11 is 0. The lowest BCUT2D eigenvalue weighted by Crippen LogP contribution is -2.28. The summed E-state index contributed by atoms with van der Waals surface area (Å²) in [5, 5.41) is 3.32. The molecule has 0 saturated heterocycles. The Morgan fingerprint density at radius 2 is 2.11 bits per heavy atom. The number of hydrogen-bond acceptors (Lipinski definition) is 2. The van der Waals surface area contributed by atoms with Gasteiger partial charge in [0.25, 0.3) is 0 Å². The SMILES string of the molecule is COCCC1(CNC(C)c2cccc(F)c2F)CC1. The third-order valence-corrected chi connectivity index (χ3v) is 4.02. The van der Waals surface area contributed by atoms with Gasteiger partial charge < -0.3 is 10.1 Å². The summed E-state index contributed by atoms with van der Waals surface area (Å²) in [4.78, 5) is 0. The van der Waals surface area contributed by atoms with E-state index in [1.807, 2.05) is 6.92 Å². The average Bonchev–Trinajstić information content (AvgIpc) is 3.17. The zero-order valence-corrected chi connectivity index (χ0v) is 11.5. The van der Waals surface area contributed by atoms with Gasteiger partial charge in [-0.1, -0.05) is 12.1 Å². The van der Waals surface area contributed by atoms with Crippen LogP contribution in [0.15, 0.2) is 18.2 Å². The Morgan fingerprint density at radius 1 is 1.37 bits per heavy atom. The van der Waals surface area contributed by atoms with Crippen molar-refractivity contribution in [3.63, 3.8) is 0 Å². The second kappa shape index (κ2) is 5.97. The van der Waals surface area contributed by atoms with Gasteiger partial charge in [-0.15, -0.1) is 0 Å². The molecule has 1 saturated carbocycles. The highest BCUT2D eigenvalue weighted by atomic mass is 19.2. The smallest absolute Gasteiger partial charge is 0.163 e. The van der Waals surface area contributed by atoms with Gasteiger partial charge in [-0.3, -0.25) is 0 Å². The molecule has 0 aromatic heterocycles. The van der Waals surface area contributed by atoms with Gasteiger partial charge in [-0.2, -0.15) is 0 Å². The largest absolute Gasteiger partial charge is 0.385 e. The van der Waals surface area contributed by atoms with Crippen molar-refractivity contribution in [1.29, 1.82) is 0 Å². The monoisotopic (exact) mass is 269 g/mol. The van der Waals surface area contributed by atoms with E-state index in [9.17, 15) is 8.78 Å². The quantitative estimate of drug-likeness (QED) is 0.818. The predicted octanol–water partition coefficient (Wildman–Crippen LogP) is 3.43. The molecular formula is C15H21F2NO. The third kappa shape index (κ3) is 3.51. The maximum Gasteiger partial charge on any atom is 0.163 e. The number of halogens is 2. The average molecular weight is 269 g/mol. The second-order valence-corrected chi connectivity index (χ2v) is 5.49. The molecule has 2 rings (SSSR count). The van der Waals surface area contributed by atoms with E-state index in [-0.39, 0.29) is 6.04 Å². The van der Waals surface area contributed by atoms with Crippen molar-refractivity contribution in [3.05, 3.63) is 35.4 Å². The molecular weight excluding hydrogens is 248 g/mol. The second-order valence-electron chi connectivity index (χ2n) is 5.49. The fourth-order valence-electron chi connectivity index (χ4n) is 2.34. The molecule has 1 aliphatic rings. The molecule has 0 radical (unpaired) electrons. The Labute approximate surface area is 113 Å². The minimum absolute atomic E-state index is 0.185. The van der Waals surface area contributed by atoms with Gasteiger partial charge in [0.05, 0.1) is 0 Å². The lowest BCUT2D eigenvalue weighted by molar-refractivity contribution is 0.170. The van der Waals surface area contributed by atoms with Gasteiger partial charge in [0.1, 0.15) is 0 Å². The Balaban J connectivity index is 1.91. The van der Waals surface area contributed by atoms with Gasteiger partial charge >= 0.3 is 0 Å². The van der Waals surface area contributed by atoms with Gasteiger partial charge in [0.15, 0.2) is 11.6 Å². The van der Waals surface area contributed by atoms with Crippen LogP contribution in [-0.2, 0) is 4.74 Å². The first-order chi connectivity index (χ1) is 9.08. The molecule has 19 heavy (non-hydrogen) atoms.